The zero-order chi connectivity index (χ0) is 25.0. The standard InChI is InChI=1S/C25H26FN9O/c1-13-16(10-30-24-18(26)3-5-28-23(13)24)19-7-14-8-20(29-11-17(14)25(27)31-19)32-21-9-15-4-6-34(2)22(36)12-35(15)33-21/h7-11,18,28H,3-6,12H2,1-2H3,(H2,27,31)(H,29,32,33). The molecule has 4 aromatic heterocycles. The first-order valence-electron chi connectivity index (χ1n) is 11.9. The molecule has 6 rings (SSSR count). The smallest absolute Gasteiger partial charge is 0.244 e. The normalized spacial score (nSPS) is 17.4. The van der Waals surface area contributed by atoms with Gasteiger partial charge in [0.1, 0.15) is 24.4 Å². The molecule has 0 bridgehead atoms. The van der Waals surface area contributed by atoms with Crippen LogP contribution in [0.2, 0.25) is 0 Å². The molecule has 2 aliphatic heterocycles. The Bertz CT molecular complexity index is 1520. The Morgan fingerprint density at radius 3 is 2.92 bits per heavy atom. The summed E-state index contributed by atoms with van der Waals surface area (Å²) < 4.78 is 16.1. The third-order valence-electron chi connectivity index (χ3n) is 6.92. The number of nitrogen functional groups attached to an aromatic ring is 1. The van der Waals surface area contributed by atoms with Gasteiger partial charge in [0.2, 0.25) is 5.91 Å². The summed E-state index contributed by atoms with van der Waals surface area (Å²) in [4.78, 5) is 27.3. The minimum Gasteiger partial charge on any atom is -0.383 e. The molecule has 0 saturated heterocycles. The van der Waals surface area contributed by atoms with Crippen molar-refractivity contribution < 1.29 is 9.18 Å². The summed E-state index contributed by atoms with van der Waals surface area (Å²) in [6, 6.07) is 5.76. The number of carbonyl (C=O) groups is 1. The molecule has 0 aliphatic carbocycles. The molecule has 2 aliphatic rings. The molecule has 1 amide bonds. The van der Waals surface area contributed by atoms with Gasteiger partial charge in [-0.3, -0.25) is 14.5 Å². The molecule has 0 saturated carbocycles. The molecule has 0 aromatic carbocycles. The number of pyridine rings is 3. The number of anilines is 4. The highest BCUT2D eigenvalue weighted by Crippen LogP contribution is 2.38. The van der Waals surface area contributed by atoms with E-state index in [1.165, 1.54) is 0 Å². The molecular formula is C25H26FN9O. The van der Waals surface area contributed by atoms with Gasteiger partial charge in [-0.15, -0.1) is 0 Å². The topological polar surface area (TPSA) is 127 Å². The third-order valence-corrected chi connectivity index (χ3v) is 6.92. The Hall–Kier alpha value is -4.28. The van der Waals surface area contributed by atoms with E-state index in [4.69, 9.17) is 5.73 Å². The lowest BCUT2D eigenvalue weighted by Crippen LogP contribution is -2.29. The van der Waals surface area contributed by atoms with Crippen LogP contribution in [0, 0.1) is 6.92 Å². The third kappa shape index (κ3) is 3.76. The SMILES string of the molecule is Cc1c(-c2cc3cc(Nc4cc5n(n4)CC(=O)N(C)CC5)ncc3c(N)n2)cnc2c1NCCC2F. The lowest BCUT2D eigenvalue weighted by atomic mass is 9.98. The molecule has 0 radical (unpaired) electrons. The Morgan fingerprint density at radius 2 is 2.06 bits per heavy atom. The minimum absolute atomic E-state index is 0.0342. The number of carbonyl (C=O) groups excluding carboxylic acids is 1. The van der Waals surface area contributed by atoms with Crippen molar-refractivity contribution in [3.63, 3.8) is 0 Å². The molecule has 10 nitrogen and oxygen atoms in total. The number of amides is 1. The second-order valence-electron chi connectivity index (χ2n) is 9.29. The highest BCUT2D eigenvalue weighted by atomic mass is 19.1. The number of fused-ring (bicyclic) bond motifs is 3. The van der Waals surface area contributed by atoms with Crippen LogP contribution in [0.15, 0.2) is 30.6 Å². The monoisotopic (exact) mass is 487 g/mol. The van der Waals surface area contributed by atoms with E-state index in [0.717, 1.165) is 39.7 Å². The molecule has 1 atom stereocenters. The van der Waals surface area contributed by atoms with Crippen molar-refractivity contribution in [1.82, 2.24) is 29.6 Å². The van der Waals surface area contributed by atoms with E-state index in [1.807, 2.05) is 25.1 Å². The number of rotatable bonds is 3. The maximum atomic E-state index is 14.3. The number of hydrogen-bond donors (Lipinski definition) is 3. The van der Waals surface area contributed by atoms with Crippen molar-refractivity contribution >= 4 is 39.8 Å². The largest absolute Gasteiger partial charge is 0.383 e. The van der Waals surface area contributed by atoms with Gasteiger partial charge >= 0.3 is 0 Å². The van der Waals surface area contributed by atoms with Crippen molar-refractivity contribution in [2.24, 2.45) is 0 Å². The van der Waals surface area contributed by atoms with Gasteiger partial charge in [0.15, 0.2) is 5.82 Å². The van der Waals surface area contributed by atoms with E-state index in [9.17, 15) is 9.18 Å². The first-order valence-corrected chi connectivity index (χ1v) is 11.9. The lowest BCUT2D eigenvalue weighted by molar-refractivity contribution is -0.130. The van der Waals surface area contributed by atoms with Crippen LogP contribution in [0.25, 0.3) is 22.0 Å². The van der Waals surface area contributed by atoms with Crippen LogP contribution < -0.4 is 16.4 Å². The first-order chi connectivity index (χ1) is 17.4. The molecule has 11 heteroatoms. The maximum absolute atomic E-state index is 14.3. The molecule has 0 spiro atoms. The van der Waals surface area contributed by atoms with Crippen molar-refractivity contribution in [2.45, 2.75) is 32.5 Å². The average molecular weight is 488 g/mol. The highest BCUT2D eigenvalue weighted by molar-refractivity contribution is 5.95. The fraction of sp³-hybridized carbons (Fsp3) is 0.320. The molecular weight excluding hydrogens is 461 g/mol. The summed E-state index contributed by atoms with van der Waals surface area (Å²) in [5.41, 5.74) is 10.8. The summed E-state index contributed by atoms with van der Waals surface area (Å²) in [5.74, 6) is 1.61. The number of hydrogen-bond acceptors (Lipinski definition) is 8. The molecule has 6 heterocycles. The first kappa shape index (κ1) is 22.2. The van der Waals surface area contributed by atoms with Gasteiger partial charge < -0.3 is 21.3 Å². The molecule has 4 N–H and O–H groups in total. The van der Waals surface area contributed by atoms with E-state index >= 15 is 0 Å². The fourth-order valence-electron chi connectivity index (χ4n) is 4.82. The van der Waals surface area contributed by atoms with E-state index in [1.54, 1.807) is 29.0 Å². The van der Waals surface area contributed by atoms with Crippen LogP contribution in [0.3, 0.4) is 0 Å². The molecule has 36 heavy (non-hydrogen) atoms. The van der Waals surface area contributed by atoms with Crippen molar-refractivity contribution in [3.05, 3.63) is 47.5 Å². The van der Waals surface area contributed by atoms with E-state index in [2.05, 4.69) is 30.7 Å². The van der Waals surface area contributed by atoms with Crippen LogP contribution in [-0.2, 0) is 17.8 Å². The van der Waals surface area contributed by atoms with Gasteiger partial charge in [0.25, 0.3) is 0 Å². The average Bonchev–Trinajstić information content (AvgIpc) is 3.17. The number of aromatic nitrogens is 5. The van der Waals surface area contributed by atoms with E-state index in [-0.39, 0.29) is 12.5 Å². The molecule has 4 aromatic rings. The van der Waals surface area contributed by atoms with Crippen molar-refractivity contribution in [2.75, 3.05) is 36.5 Å². The van der Waals surface area contributed by atoms with Gasteiger partial charge in [0.05, 0.1) is 17.1 Å². The zero-order valence-electron chi connectivity index (χ0n) is 20.0. The predicted octanol–water partition coefficient (Wildman–Crippen LogP) is 3.36. The van der Waals surface area contributed by atoms with Crippen molar-refractivity contribution in [3.8, 4) is 11.3 Å². The van der Waals surface area contributed by atoms with Gasteiger partial charge in [0, 0.05) is 68.1 Å². The van der Waals surface area contributed by atoms with Crippen LogP contribution in [0.5, 0.6) is 0 Å². The molecule has 0 fully saturated rings. The van der Waals surface area contributed by atoms with Gasteiger partial charge in [-0.1, -0.05) is 0 Å². The Balaban J connectivity index is 1.34. The van der Waals surface area contributed by atoms with Crippen LogP contribution in [0.4, 0.5) is 27.5 Å². The number of nitrogens with one attached hydrogen (secondary N) is 2. The number of nitrogens with two attached hydrogens (primary N) is 1. The summed E-state index contributed by atoms with van der Waals surface area (Å²) in [7, 11) is 1.80. The maximum Gasteiger partial charge on any atom is 0.244 e. The Morgan fingerprint density at radius 1 is 1.19 bits per heavy atom. The fourth-order valence-corrected chi connectivity index (χ4v) is 4.82. The van der Waals surface area contributed by atoms with E-state index < -0.39 is 6.17 Å². The van der Waals surface area contributed by atoms with Gasteiger partial charge in [-0.25, -0.2) is 14.4 Å². The van der Waals surface area contributed by atoms with E-state index in [0.29, 0.717) is 48.4 Å². The second-order valence-corrected chi connectivity index (χ2v) is 9.29. The van der Waals surface area contributed by atoms with Crippen LogP contribution >= 0.6 is 0 Å². The Kier molecular flexibility index (Phi) is 5.20. The predicted molar refractivity (Wildman–Crippen MR) is 136 cm³/mol. The highest BCUT2D eigenvalue weighted by Gasteiger charge is 2.24. The number of alkyl halides is 1. The minimum atomic E-state index is -1.07. The zero-order valence-corrected chi connectivity index (χ0v) is 20.0. The summed E-state index contributed by atoms with van der Waals surface area (Å²) >= 11 is 0. The number of halogens is 1. The number of nitrogens with zero attached hydrogens (tertiary/aromatic N) is 6. The van der Waals surface area contributed by atoms with Gasteiger partial charge in [-0.2, -0.15) is 5.10 Å². The quantitative estimate of drug-likeness (QED) is 0.402. The van der Waals surface area contributed by atoms with Crippen LogP contribution in [-0.4, -0.2) is 55.7 Å². The van der Waals surface area contributed by atoms with Crippen LogP contribution in [0.1, 0.15) is 29.5 Å². The van der Waals surface area contributed by atoms with Gasteiger partial charge in [-0.05, 0) is 30.0 Å². The summed E-state index contributed by atoms with van der Waals surface area (Å²) in [5, 5.41) is 12.6. The summed E-state index contributed by atoms with van der Waals surface area (Å²) in [6.07, 6.45) is 3.42. The second kappa shape index (κ2) is 8.43. The van der Waals surface area contributed by atoms with Crippen molar-refractivity contribution in [1.29, 1.82) is 0 Å². The lowest BCUT2D eigenvalue weighted by Gasteiger charge is -2.23. The number of likely N-dealkylation sites (N-methyl/N-ethyl adjacent to an activating group) is 1. The Labute approximate surface area is 206 Å². The molecule has 1 unspecified atom stereocenters. The molecule has 184 valence electrons. The summed E-state index contributed by atoms with van der Waals surface area (Å²) in [6.45, 7) is 3.38.